The summed E-state index contributed by atoms with van der Waals surface area (Å²) in [5.41, 5.74) is 0.967. The number of nitriles is 1. The number of nitrogens with zero attached hydrogens (tertiary/aromatic N) is 2. The Labute approximate surface area is 123 Å². The van der Waals surface area contributed by atoms with Crippen molar-refractivity contribution < 1.29 is 14.3 Å². The molecule has 0 aliphatic heterocycles. The van der Waals surface area contributed by atoms with E-state index in [0.717, 1.165) is 0 Å². The van der Waals surface area contributed by atoms with Crippen molar-refractivity contribution in [2.75, 3.05) is 26.0 Å². The Morgan fingerprint density at radius 2 is 2.14 bits per heavy atom. The number of carbonyl (C=O) groups is 2. The third-order valence-electron chi connectivity index (χ3n) is 2.51. The summed E-state index contributed by atoms with van der Waals surface area (Å²) in [4.78, 5) is 24.8. The van der Waals surface area contributed by atoms with E-state index in [1.54, 1.807) is 51.4 Å². The largest absolute Gasteiger partial charge is 0.462 e. The Morgan fingerprint density at radius 3 is 2.71 bits per heavy atom. The van der Waals surface area contributed by atoms with Gasteiger partial charge in [0.25, 0.3) is 5.91 Å². The minimum atomic E-state index is -0.687. The highest BCUT2D eigenvalue weighted by Gasteiger charge is 2.10. The predicted octanol–water partition coefficient (Wildman–Crippen LogP) is 1.77. The molecule has 0 aliphatic carbocycles. The number of nitrogens with one attached hydrogen (secondary N) is 1. The first-order chi connectivity index (χ1) is 9.99. The minimum absolute atomic E-state index is 0.131. The van der Waals surface area contributed by atoms with E-state index in [1.165, 1.54) is 11.1 Å². The quantitative estimate of drug-likeness (QED) is 0.507. The van der Waals surface area contributed by atoms with E-state index in [4.69, 9.17) is 10.00 Å². The molecular weight excluding hydrogens is 270 g/mol. The molecule has 0 saturated heterocycles. The number of anilines is 1. The van der Waals surface area contributed by atoms with Gasteiger partial charge in [0.1, 0.15) is 6.07 Å². The highest BCUT2D eigenvalue weighted by molar-refractivity contribution is 5.95. The standard InChI is InChI=1S/C15H17N3O3/c1-4-21-15(20)12(9-16)10-17-13-7-5-6-11(8-13)14(19)18(2)3/h5-8,10,17H,4H2,1-3H3/b12-10+. The number of rotatable bonds is 5. The zero-order valence-corrected chi connectivity index (χ0v) is 12.2. The van der Waals surface area contributed by atoms with Gasteiger partial charge in [0.15, 0.2) is 5.57 Å². The normalized spacial score (nSPS) is 10.5. The van der Waals surface area contributed by atoms with Crippen LogP contribution in [0.5, 0.6) is 0 Å². The van der Waals surface area contributed by atoms with E-state index in [0.29, 0.717) is 11.3 Å². The van der Waals surface area contributed by atoms with Crippen LogP contribution in [0.2, 0.25) is 0 Å². The molecule has 0 aliphatic rings. The maximum atomic E-state index is 11.8. The maximum absolute atomic E-state index is 11.8. The summed E-state index contributed by atoms with van der Waals surface area (Å²) in [7, 11) is 3.33. The van der Waals surface area contributed by atoms with Gasteiger partial charge in [0.05, 0.1) is 6.61 Å². The highest BCUT2D eigenvalue weighted by Crippen LogP contribution is 2.12. The van der Waals surface area contributed by atoms with Crippen LogP contribution in [0, 0.1) is 11.3 Å². The summed E-state index contributed by atoms with van der Waals surface area (Å²) in [6.07, 6.45) is 1.26. The van der Waals surface area contributed by atoms with Gasteiger partial charge in [0.2, 0.25) is 0 Å². The summed E-state index contributed by atoms with van der Waals surface area (Å²) in [6, 6.07) is 8.52. The fourth-order valence-corrected chi connectivity index (χ4v) is 1.50. The zero-order valence-electron chi connectivity index (χ0n) is 12.2. The first-order valence-corrected chi connectivity index (χ1v) is 6.35. The summed E-state index contributed by atoms with van der Waals surface area (Å²) in [5.74, 6) is -0.818. The zero-order chi connectivity index (χ0) is 15.8. The second kappa shape index (κ2) is 7.70. The summed E-state index contributed by atoms with van der Waals surface area (Å²) in [6.45, 7) is 1.86. The van der Waals surface area contributed by atoms with Gasteiger partial charge in [-0.25, -0.2) is 4.79 Å². The molecule has 110 valence electrons. The molecular formula is C15H17N3O3. The Kier molecular flexibility index (Phi) is 5.96. The van der Waals surface area contributed by atoms with Crippen molar-refractivity contribution in [3.8, 4) is 6.07 Å². The van der Waals surface area contributed by atoms with Gasteiger partial charge in [-0.3, -0.25) is 4.79 Å². The van der Waals surface area contributed by atoms with Crippen LogP contribution < -0.4 is 5.32 Å². The fourth-order valence-electron chi connectivity index (χ4n) is 1.50. The number of hydrogen-bond acceptors (Lipinski definition) is 5. The van der Waals surface area contributed by atoms with Crippen LogP contribution in [0.3, 0.4) is 0 Å². The summed E-state index contributed by atoms with van der Waals surface area (Å²) < 4.78 is 4.75. The van der Waals surface area contributed by atoms with Gasteiger partial charge in [-0.1, -0.05) is 6.07 Å². The smallest absolute Gasteiger partial charge is 0.350 e. The lowest BCUT2D eigenvalue weighted by Gasteiger charge is -2.11. The van der Waals surface area contributed by atoms with Gasteiger partial charge in [-0.15, -0.1) is 0 Å². The molecule has 0 atom stereocenters. The number of ether oxygens (including phenoxy) is 1. The first-order valence-electron chi connectivity index (χ1n) is 6.35. The molecule has 1 aromatic carbocycles. The summed E-state index contributed by atoms with van der Waals surface area (Å²) >= 11 is 0. The van der Waals surface area contributed by atoms with Crippen molar-refractivity contribution in [2.24, 2.45) is 0 Å². The average molecular weight is 287 g/mol. The van der Waals surface area contributed by atoms with Crippen molar-refractivity contribution in [1.29, 1.82) is 5.26 Å². The van der Waals surface area contributed by atoms with Crippen molar-refractivity contribution in [1.82, 2.24) is 4.90 Å². The molecule has 1 amide bonds. The molecule has 6 nitrogen and oxygen atoms in total. The van der Waals surface area contributed by atoms with Crippen molar-refractivity contribution >= 4 is 17.6 Å². The molecule has 0 heterocycles. The number of carbonyl (C=O) groups excluding carboxylic acids is 2. The van der Waals surface area contributed by atoms with Crippen LogP contribution in [0.15, 0.2) is 36.0 Å². The van der Waals surface area contributed by atoms with Crippen LogP contribution in [0.4, 0.5) is 5.69 Å². The number of hydrogen-bond donors (Lipinski definition) is 1. The van der Waals surface area contributed by atoms with E-state index in [1.807, 2.05) is 0 Å². The SMILES string of the molecule is CCOC(=O)/C(C#N)=C/Nc1cccc(C(=O)N(C)C)c1. The molecule has 1 rings (SSSR count). The molecule has 21 heavy (non-hydrogen) atoms. The molecule has 0 fully saturated rings. The van der Waals surface area contributed by atoms with E-state index >= 15 is 0 Å². The lowest BCUT2D eigenvalue weighted by Crippen LogP contribution is -2.21. The van der Waals surface area contributed by atoms with Crippen molar-refractivity contribution in [3.63, 3.8) is 0 Å². The monoisotopic (exact) mass is 287 g/mol. The Hall–Kier alpha value is -2.81. The molecule has 6 heteroatoms. The van der Waals surface area contributed by atoms with Gasteiger partial charge in [0, 0.05) is 31.5 Å². The minimum Gasteiger partial charge on any atom is -0.462 e. The van der Waals surface area contributed by atoms with Crippen LogP contribution in [-0.4, -0.2) is 37.5 Å². The summed E-state index contributed by atoms with van der Waals surface area (Å²) in [5, 5.41) is 11.7. The molecule has 1 N–H and O–H groups in total. The van der Waals surface area contributed by atoms with E-state index in [9.17, 15) is 9.59 Å². The lowest BCUT2D eigenvalue weighted by molar-refractivity contribution is -0.138. The van der Waals surface area contributed by atoms with Crippen molar-refractivity contribution in [3.05, 3.63) is 41.6 Å². The maximum Gasteiger partial charge on any atom is 0.350 e. The van der Waals surface area contributed by atoms with Crippen molar-refractivity contribution in [2.45, 2.75) is 6.92 Å². The third kappa shape index (κ3) is 4.66. The average Bonchev–Trinajstić information content (AvgIpc) is 2.47. The topological polar surface area (TPSA) is 82.4 Å². The molecule has 0 saturated carbocycles. The van der Waals surface area contributed by atoms with E-state index in [-0.39, 0.29) is 18.1 Å². The van der Waals surface area contributed by atoms with Crippen LogP contribution in [0.1, 0.15) is 17.3 Å². The molecule has 1 aromatic rings. The van der Waals surface area contributed by atoms with E-state index in [2.05, 4.69) is 5.32 Å². The van der Waals surface area contributed by atoms with Crippen LogP contribution in [-0.2, 0) is 9.53 Å². The Bertz CT molecular complexity index is 600. The van der Waals surface area contributed by atoms with Gasteiger partial charge < -0.3 is 15.0 Å². The van der Waals surface area contributed by atoms with E-state index < -0.39 is 5.97 Å². The second-order valence-corrected chi connectivity index (χ2v) is 4.32. The Morgan fingerprint density at radius 1 is 1.43 bits per heavy atom. The Balaban J connectivity index is 2.89. The molecule has 0 bridgehead atoms. The lowest BCUT2D eigenvalue weighted by atomic mass is 10.2. The third-order valence-corrected chi connectivity index (χ3v) is 2.51. The molecule has 0 aromatic heterocycles. The van der Waals surface area contributed by atoms with Gasteiger partial charge in [-0.05, 0) is 25.1 Å². The number of esters is 1. The van der Waals surface area contributed by atoms with Crippen LogP contribution in [0.25, 0.3) is 0 Å². The molecule has 0 unspecified atom stereocenters. The predicted molar refractivity (Wildman–Crippen MR) is 78.4 cm³/mol. The van der Waals surface area contributed by atoms with Gasteiger partial charge in [-0.2, -0.15) is 5.26 Å². The number of amides is 1. The fraction of sp³-hybridized carbons (Fsp3) is 0.267. The first kappa shape index (κ1) is 16.2. The second-order valence-electron chi connectivity index (χ2n) is 4.32. The highest BCUT2D eigenvalue weighted by atomic mass is 16.5. The number of benzene rings is 1. The van der Waals surface area contributed by atoms with Crippen LogP contribution >= 0.6 is 0 Å². The van der Waals surface area contributed by atoms with Gasteiger partial charge >= 0.3 is 5.97 Å². The molecule has 0 radical (unpaired) electrons. The molecule has 0 spiro atoms.